The first kappa shape index (κ1) is 11.5. The van der Waals surface area contributed by atoms with Crippen molar-refractivity contribution in [2.75, 3.05) is 18.5 Å². The molecule has 0 amide bonds. The maximum Gasteiger partial charge on any atom is 0.0487 e. The van der Waals surface area contributed by atoms with E-state index in [0.717, 1.165) is 16.7 Å². The summed E-state index contributed by atoms with van der Waals surface area (Å²) < 4.78 is 1.06. The summed E-state index contributed by atoms with van der Waals surface area (Å²) >= 11 is 3.48. The minimum atomic E-state index is 0.219. The Bertz CT molecular complexity index is 301. The third kappa shape index (κ3) is 3.31. The summed E-state index contributed by atoms with van der Waals surface area (Å²) in [4.78, 5) is 0. The van der Waals surface area contributed by atoms with Gasteiger partial charge >= 0.3 is 0 Å². The van der Waals surface area contributed by atoms with E-state index >= 15 is 0 Å². The van der Waals surface area contributed by atoms with Gasteiger partial charge in [-0.05, 0) is 46.5 Å². The van der Waals surface area contributed by atoms with E-state index in [9.17, 15) is 0 Å². The Morgan fingerprint density at radius 1 is 1.50 bits per heavy atom. The molecule has 0 spiro atoms. The van der Waals surface area contributed by atoms with Crippen LogP contribution in [0.3, 0.4) is 0 Å². The lowest BCUT2D eigenvalue weighted by molar-refractivity contribution is 0.244. The second-order valence-corrected chi connectivity index (χ2v) is 4.51. The predicted molar refractivity (Wildman–Crippen MR) is 63.6 cm³/mol. The van der Waals surface area contributed by atoms with Crippen LogP contribution in [0.5, 0.6) is 0 Å². The molecule has 0 aliphatic heterocycles. The zero-order valence-corrected chi connectivity index (χ0v) is 10.1. The number of nitrogens with one attached hydrogen (secondary N) is 1. The molecule has 2 N–H and O–H groups in total. The number of halogens is 1. The molecule has 0 aliphatic carbocycles. The molecule has 1 rings (SSSR count). The zero-order chi connectivity index (χ0) is 10.6. The minimum absolute atomic E-state index is 0.219. The molecule has 1 aromatic carbocycles. The number of anilines is 1. The van der Waals surface area contributed by atoms with Crippen molar-refractivity contribution in [3.8, 4) is 0 Å². The van der Waals surface area contributed by atoms with Crippen LogP contribution in [-0.4, -0.2) is 18.3 Å². The summed E-state index contributed by atoms with van der Waals surface area (Å²) in [6.45, 7) is 5.08. The molecule has 0 aromatic heterocycles. The molecule has 1 aromatic rings. The highest BCUT2D eigenvalue weighted by molar-refractivity contribution is 9.10. The Morgan fingerprint density at radius 3 is 2.86 bits per heavy atom. The zero-order valence-electron chi connectivity index (χ0n) is 8.55. The van der Waals surface area contributed by atoms with Gasteiger partial charge in [-0.15, -0.1) is 0 Å². The number of aliphatic hydroxyl groups excluding tert-OH is 1. The fraction of sp³-hybridized carbons (Fsp3) is 0.455. The molecule has 1 unspecified atom stereocenters. The van der Waals surface area contributed by atoms with Crippen LogP contribution in [-0.2, 0) is 0 Å². The van der Waals surface area contributed by atoms with Crippen LogP contribution in [0, 0.1) is 12.8 Å². The third-order valence-electron chi connectivity index (χ3n) is 2.07. The average Bonchev–Trinajstić information content (AvgIpc) is 2.19. The SMILES string of the molecule is Cc1ccc(Br)c(NCC(C)CO)c1. The van der Waals surface area contributed by atoms with E-state index in [1.165, 1.54) is 5.56 Å². The Morgan fingerprint density at radius 2 is 2.21 bits per heavy atom. The van der Waals surface area contributed by atoms with Gasteiger partial charge in [-0.25, -0.2) is 0 Å². The lowest BCUT2D eigenvalue weighted by Crippen LogP contribution is -2.14. The summed E-state index contributed by atoms with van der Waals surface area (Å²) in [6, 6.07) is 6.18. The quantitative estimate of drug-likeness (QED) is 0.870. The van der Waals surface area contributed by atoms with Gasteiger partial charge in [-0.1, -0.05) is 13.0 Å². The summed E-state index contributed by atoms with van der Waals surface area (Å²) in [5.41, 5.74) is 2.32. The number of rotatable bonds is 4. The molecular formula is C11H16BrNO. The number of hydrogen-bond donors (Lipinski definition) is 2. The van der Waals surface area contributed by atoms with E-state index in [2.05, 4.69) is 40.3 Å². The normalized spacial score (nSPS) is 12.6. The lowest BCUT2D eigenvalue weighted by Gasteiger charge is -2.12. The van der Waals surface area contributed by atoms with E-state index in [1.54, 1.807) is 0 Å². The molecular weight excluding hydrogens is 242 g/mol. The summed E-state index contributed by atoms with van der Waals surface area (Å²) in [5.74, 6) is 0.280. The van der Waals surface area contributed by atoms with Crippen LogP contribution in [0.15, 0.2) is 22.7 Å². The fourth-order valence-corrected chi connectivity index (χ4v) is 1.51. The Balaban J connectivity index is 2.62. The van der Waals surface area contributed by atoms with Crippen molar-refractivity contribution in [3.63, 3.8) is 0 Å². The van der Waals surface area contributed by atoms with Gasteiger partial charge in [0.15, 0.2) is 0 Å². The molecule has 0 bridgehead atoms. The van der Waals surface area contributed by atoms with E-state index in [0.29, 0.717) is 0 Å². The first-order valence-electron chi connectivity index (χ1n) is 4.74. The highest BCUT2D eigenvalue weighted by Gasteiger charge is 2.02. The largest absolute Gasteiger partial charge is 0.396 e. The number of hydrogen-bond acceptors (Lipinski definition) is 2. The molecule has 2 nitrogen and oxygen atoms in total. The van der Waals surface area contributed by atoms with Crippen molar-refractivity contribution in [1.29, 1.82) is 0 Å². The maximum absolute atomic E-state index is 8.88. The van der Waals surface area contributed by atoms with Crippen molar-refractivity contribution < 1.29 is 5.11 Å². The molecule has 0 radical (unpaired) electrons. The minimum Gasteiger partial charge on any atom is -0.396 e. The fourth-order valence-electron chi connectivity index (χ4n) is 1.12. The van der Waals surface area contributed by atoms with Crippen LogP contribution >= 0.6 is 15.9 Å². The molecule has 0 fully saturated rings. The third-order valence-corrected chi connectivity index (χ3v) is 2.77. The number of aliphatic hydroxyl groups is 1. The number of aryl methyl sites for hydroxylation is 1. The van der Waals surface area contributed by atoms with Crippen molar-refractivity contribution in [3.05, 3.63) is 28.2 Å². The van der Waals surface area contributed by atoms with Gasteiger partial charge in [-0.2, -0.15) is 0 Å². The van der Waals surface area contributed by atoms with Gasteiger partial charge in [0.25, 0.3) is 0 Å². The predicted octanol–water partition coefficient (Wildman–Crippen LogP) is 2.80. The Labute approximate surface area is 93.5 Å². The average molecular weight is 258 g/mol. The van der Waals surface area contributed by atoms with Crippen LogP contribution in [0.2, 0.25) is 0 Å². The summed E-state index contributed by atoms with van der Waals surface area (Å²) in [6.07, 6.45) is 0. The molecule has 0 aliphatic rings. The Kier molecular flexibility index (Phi) is 4.42. The first-order valence-corrected chi connectivity index (χ1v) is 5.53. The van der Waals surface area contributed by atoms with E-state index in [-0.39, 0.29) is 12.5 Å². The van der Waals surface area contributed by atoms with Crippen molar-refractivity contribution in [2.45, 2.75) is 13.8 Å². The maximum atomic E-state index is 8.88. The van der Waals surface area contributed by atoms with Crippen LogP contribution in [0.4, 0.5) is 5.69 Å². The van der Waals surface area contributed by atoms with Gasteiger partial charge in [0.1, 0.15) is 0 Å². The van der Waals surface area contributed by atoms with Crippen LogP contribution in [0.25, 0.3) is 0 Å². The van der Waals surface area contributed by atoms with Crippen molar-refractivity contribution >= 4 is 21.6 Å². The number of benzene rings is 1. The molecule has 0 saturated carbocycles. The summed E-state index contributed by atoms with van der Waals surface area (Å²) in [7, 11) is 0. The first-order chi connectivity index (χ1) is 6.63. The highest BCUT2D eigenvalue weighted by Crippen LogP contribution is 2.23. The molecule has 78 valence electrons. The monoisotopic (exact) mass is 257 g/mol. The van der Waals surface area contributed by atoms with E-state index in [1.807, 2.05) is 13.0 Å². The second kappa shape index (κ2) is 5.37. The molecule has 1 atom stereocenters. The van der Waals surface area contributed by atoms with Gasteiger partial charge in [0.2, 0.25) is 0 Å². The van der Waals surface area contributed by atoms with Crippen molar-refractivity contribution in [1.82, 2.24) is 0 Å². The molecule has 14 heavy (non-hydrogen) atoms. The lowest BCUT2D eigenvalue weighted by atomic mass is 10.2. The van der Waals surface area contributed by atoms with Gasteiger partial charge in [0, 0.05) is 23.3 Å². The second-order valence-electron chi connectivity index (χ2n) is 3.65. The van der Waals surface area contributed by atoms with E-state index < -0.39 is 0 Å². The van der Waals surface area contributed by atoms with Gasteiger partial charge in [0.05, 0.1) is 0 Å². The molecule has 0 saturated heterocycles. The molecule has 0 heterocycles. The highest BCUT2D eigenvalue weighted by atomic mass is 79.9. The summed E-state index contributed by atoms with van der Waals surface area (Å²) in [5, 5.41) is 12.2. The van der Waals surface area contributed by atoms with Gasteiger partial charge < -0.3 is 10.4 Å². The van der Waals surface area contributed by atoms with Crippen molar-refractivity contribution in [2.24, 2.45) is 5.92 Å². The smallest absolute Gasteiger partial charge is 0.0487 e. The van der Waals surface area contributed by atoms with Gasteiger partial charge in [-0.3, -0.25) is 0 Å². The van der Waals surface area contributed by atoms with Crippen LogP contribution in [0.1, 0.15) is 12.5 Å². The van der Waals surface area contributed by atoms with Crippen LogP contribution < -0.4 is 5.32 Å². The Hall–Kier alpha value is -0.540. The standard InChI is InChI=1S/C11H16BrNO/c1-8-3-4-10(12)11(5-8)13-6-9(2)7-14/h3-5,9,13-14H,6-7H2,1-2H3. The molecule has 3 heteroatoms. The van der Waals surface area contributed by atoms with E-state index in [4.69, 9.17) is 5.11 Å². The topological polar surface area (TPSA) is 32.3 Å².